The van der Waals surface area contributed by atoms with Crippen LogP contribution in [0.1, 0.15) is 12.1 Å². The molecule has 2 aliphatic rings. The molecule has 5 rings (SSSR count). The molecular weight excluding hydrogens is 465 g/mol. The maximum absolute atomic E-state index is 13.7. The van der Waals surface area contributed by atoms with Gasteiger partial charge >= 0.3 is 0 Å². The van der Waals surface area contributed by atoms with E-state index < -0.39 is 11.9 Å². The van der Waals surface area contributed by atoms with Crippen molar-refractivity contribution in [3.05, 3.63) is 58.5 Å². The molecule has 0 saturated carbocycles. The van der Waals surface area contributed by atoms with Gasteiger partial charge in [-0.1, -0.05) is 0 Å². The minimum absolute atomic E-state index is 0. The second kappa shape index (κ2) is 10.6. The van der Waals surface area contributed by atoms with Crippen LogP contribution in [0.4, 0.5) is 4.39 Å². The molecule has 0 amide bonds. The van der Waals surface area contributed by atoms with Crippen LogP contribution in [0.3, 0.4) is 0 Å². The molecule has 0 aliphatic carbocycles. The zero-order valence-electron chi connectivity index (χ0n) is 18.5. The van der Waals surface area contributed by atoms with Crippen LogP contribution < -0.4 is 20.3 Å². The first kappa shape index (κ1) is 24.3. The third kappa shape index (κ3) is 5.30. The number of halogens is 2. The number of piperidine rings is 1. The van der Waals surface area contributed by atoms with Crippen LogP contribution in [-0.4, -0.2) is 69.5 Å². The van der Waals surface area contributed by atoms with Crippen LogP contribution in [0.15, 0.2) is 41.5 Å². The average molecular weight is 492 g/mol. The Labute approximate surface area is 201 Å². The molecule has 1 saturated heterocycles. The van der Waals surface area contributed by atoms with E-state index in [1.165, 1.54) is 16.7 Å². The second-order valence-electron chi connectivity index (χ2n) is 8.34. The fourth-order valence-corrected chi connectivity index (χ4v) is 4.37. The Kier molecular flexibility index (Phi) is 7.62. The normalized spacial score (nSPS) is 20.2. The summed E-state index contributed by atoms with van der Waals surface area (Å²) in [4.78, 5) is 22.9. The van der Waals surface area contributed by atoms with Crippen LogP contribution in [0, 0.1) is 5.82 Å². The van der Waals surface area contributed by atoms with Gasteiger partial charge in [0.1, 0.15) is 19.0 Å². The van der Waals surface area contributed by atoms with Crippen LogP contribution >= 0.6 is 12.4 Å². The second-order valence-corrected chi connectivity index (χ2v) is 8.34. The van der Waals surface area contributed by atoms with Crippen molar-refractivity contribution in [3.63, 3.8) is 0 Å². The lowest BCUT2D eigenvalue weighted by molar-refractivity contribution is 0.0384. The van der Waals surface area contributed by atoms with Gasteiger partial charge in [0.25, 0.3) is 5.56 Å². The van der Waals surface area contributed by atoms with Gasteiger partial charge in [-0.3, -0.25) is 19.7 Å². The number of hydrogen-bond acceptors (Lipinski definition) is 8. The lowest BCUT2D eigenvalue weighted by Gasteiger charge is -2.36. The van der Waals surface area contributed by atoms with Gasteiger partial charge in [0, 0.05) is 50.4 Å². The SMILES string of the molecule is Cl.O=c1ccc2ncc(F)cc2n1CCN1CC[C@@H](NCc2cc3c(cn2)OCCO3)[C@@H](O)C1. The molecule has 0 radical (unpaired) electrons. The summed E-state index contributed by atoms with van der Waals surface area (Å²) < 4.78 is 26.3. The Balaban J connectivity index is 0.00000274. The van der Waals surface area contributed by atoms with Crippen molar-refractivity contribution in [1.29, 1.82) is 0 Å². The zero-order valence-corrected chi connectivity index (χ0v) is 19.3. The van der Waals surface area contributed by atoms with Crippen molar-refractivity contribution in [2.24, 2.45) is 0 Å². The summed E-state index contributed by atoms with van der Waals surface area (Å²) >= 11 is 0. The summed E-state index contributed by atoms with van der Waals surface area (Å²) in [5, 5.41) is 14.1. The van der Waals surface area contributed by atoms with E-state index in [-0.39, 0.29) is 24.0 Å². The first-order valence-electron chi connectivity index (χ1n) is 11.1. The minimum Gasteiger partial charge on any atom is -0.486 e. The van der Waals surface area contributed by atoms with Gasteiger partial charge in [-0.15, -0.1) is 12.4 Å². The van der Waals surface area contributed by atoms with Crippen molar-refractivity contribution in [3.8, 4) is 11.5 Å². The quantitative estimate of drug-likeness (QED) is 0.533. The van der Waals surface area contributed by atoms with Gasteiger partial charge in [0.05, 0.1) is 35.2 Å². The molecule has 9 nitrogen and oxygen atoms in total. The smallest absolute Gasteiger partial charge is 0.251 e. The monoisotopic (exact) mass is 491 g/mol. The molecule has 182 valence electrons. The molecule has 2 N–H and O–H groups in total. The summed E-state index contributed by atoms with van der Waals surface area (Å²) in [7, 11) is 0. The molecule has 2 atom stereocenters. The van der Waals surface area contributed by atoms with Crippen molar-refractivity contribution >= 4 is 23.4 Å². The Hall–Kier alpha value is -2.79. The van der Waals surface area contributed by atoms with Crippen LogP contribution in [-0.2, 0) is 13.1 Å². The number of aromatic nitrogens is 3. The molecule has 0 spiro atoms. The predicted molar refractivity (Wildman–Crippen MR) is 126 cm³/mol. The highest BCUT2D eigenvalue weighted by molar-refractivity contribution is 5.85. The van der Waals surface area contributed by atoms with Crippen molar-refractivity contribution < 1.29 is 19.0 Å². The molecule has 3 aromatic heterocycles. The van der Waals surface area contributed by atoms with E-state index in [9.17, 15) is 14.3 Å². The molecule has 3 aromatic rings. The van der Waals surface area contributed by atoms with E-state index >= 15 is 0 Å². The number of nitrogens with one attached hydrogen (secondary N) is 1. The van der Waals surface area contributed by atoms with Gasteiger partial charge in [0.15, 0.2) is 11.5 Å². The van der Waals surface area contributed by atoms with Crippen molar-refractivity contribution in [2.45, 2.75) is 31.7 Å². The molecule has 34 heavy (non-hydrogen) atoms. The number of aliphatic hydroxyl groups is 1. The number of aliphatic hydroxyl groups excluding tert-OH is 1. The van der Waals surface area contributed by atoms with Crippen LogP contribution in [0.25, 0.3) is 11.0 Å². The van der Waals surface area contributed by atoms with Gasteiger partial charge in [0.2, 0.25) is 0 Å². The summed E-state index contributed by atoms with van der Waals surface area (Å²) in [6, 6.07) is 6.19. The highest BCUT2D eigenvalue weighted by atomic mass is 35.5. The third-order valence-electron chi connectivity index (χ3n) is 6.14. The Bertz CT molecular complexity index is 1210. The number of likely N-dealkylation sites (tertiary alicyclic amines) is 1. The Morgan fingerprint density at radius 1 is 1.12 bits per heavy atom. The number of ether oxygens (including phenoxy) is 2. The molecule has 5 heterocycles. The summed E-state index contributed by atoms with van der Waals surface area (Å²) in [6.45, 7) is 3.80. The maximum atomic E-state index is 13.7. The van der Waals surface area contributed by atoms with Crippen molar-refractivity contribution in [1.82, 2.24) is 24.8 Å². The topological polar surface area (TPSA) is 102 Å². The van der Waals surface area contributed by atoms with Gasteiger partial charge < -0.3 is 24.5 Å². The first-order valence-corrected chi connectivity index (χ1v) is 11.1. The molecule has 0 bridgehead atoms. The Morgan fingerprint density at radius 3 is 2.76 bits per heavy atom. The summed E-state index contributed by atoms with van der Waals surface area (Å²) in [5.41, 5.74) is 1.68. The number of β-amino-alcohol motifs (C(OH)–C–C–N with tert-alkyl or cyclic N) is 1. The van der Waals surface area contributed by atoms with Crippen LogP contribution in [0.2, 0.25) is 0 Å². The fourth-order valence-electron chi connectivity index (χ4n) is 4.37. The summed E-state index contributed by atoms with van der Waals surface area (Å²) in [6.07, 6.45) is 3.01. The van der Waals surface area contributed by atoms with E-state index in [4.69, 9.17) is 9.47 Å². The highest BCUT2D eigenvalue weighted by Crippen LogP contribution is 2.29. The highest BCUT2D eigenvalue weighted by Gasteiger charge is 2.27. The molecular formula is C23H27ClFN5O4. The van der Waals surface area contributed by atoms with Gasteiger partial charge in [-0.05, 0) is 19.0 Å². The third-order valence-corrected chi connectivity index (χ3v) is 6.14. The Morgan fingerprint density at radius 2 is 1.94 bits per heavy atom. The van der Waals surface area contributed by atoms with E-state index in [1.54, 1.807) is 12.3 Å². The molecule has 0 unspecified atom stereocenters. The lowest BCUT2D eigenvalue weighted by atomic mass is 10.0. The van der Waals surface area contributed by atoms with Gasteiger partial charge in [-0.2, -0.15) is 0 Å². The number of hydrogen-bond donors (Lipinski definition) is 2. The van der Waals surface area contributed by atoms with Crippen LogP contribution in [0.5, 0.6) is 11.5 Å². The molecule has 0 aromatic carbocycles. The predicted octanol–water partition coefficient (Wildman–Crippen LogP) is 1.35. The molecule has 1 fully saturated rings. The van der Waals surface area contributed by atoms with Gasteiger partial charge in [-0.25, -0.2) is 4.39 Å². The molecule has 11 heteroatoms. The average Bonchev–Trinajstić information content (AvgIpc) is 2.82. The van der Waals surface area contributed by atoms with E-state index in [0.29, 0.717) is 61.9 Å². The number of fused-ring (bicyclic) bond motifs is 2. The number of rotatable bonds is 6. The zero-order chi connectivity index (χ0) is 22.8. The molecule has 2 aliphatic heterocycles. The number of pyridine rings is 3. The van der Waals surface area contributed by atoms with E-state index in [1.807, 2.05) is 6.07 Å². The largest absolute Gasteiger partial charge is 0.486 e. The standard InChI is InChI=1S/C23H26FN5O4.ClH/c24-15-9-19-17(26-11-15)1-2-23(31)29(19)6-5-28-4-3-18(20(30)14-28)27-12-16-10-21-22(13-25-16)33-8-7-32-21;/h1-2,9-11,13,18,20,27,30H,3-8,12,14H2;1H/t18-,20+;/m1./s1. The maximum Gasteiger partial charge on any atom is 0.251 e. The van der Waals surface area contributed by atoms with E-state index in [2.05, 4.69) is 20.2 Å². The fraction of sp³-hybridized carbons (Fsp3) is 0.435. The van der Waals surface area contributed by atoms with Crippen molar-refractivity contribution in [2.75, 3.05) is 32.8 Å². The number of nitrogens with zero attached hydrogens (tertiary/aromatic N) is 4. The summed E-state index contributed by atoms with van der Waals surface area (Å²) in [5.74, 6) is 0.876. The minimum atomic E-state index is -0.556. The lowest BCUT2D eigenvalue weighted by Crippen LogP contribution is -2.53. The van der Waals surface area contributed by atoms with E-state index in [0.717, 1.165) is 24.9 Å². The first-order chi connectivity index (χ1) is 16.1.